The molecule has 3 heterocycles. The van der Waals surface area contributed by atoms with E-state index >= 15 is 0 Å². The average molecular weight is 375 g/mol. The van der Waals surface area contributed by atoms with Crippen molar-refractivity contribution in [1.29, 1.82) is 0 Å². The molecule has 0 spiro atoms. The quantitative estimate of drug-likeness (QED) is 0.744. The van der Waals surface area contributed by atoms with Gasteiger partial charge in [-0.3, -0.25) is 4.68 Å². The molecule has 1 aliphatic carbocycles. The van der Waals surface area contributed by atoms with Crippen molar-refractivity contribution in [2.45, 2.75) is 38.0 Å². The average Bonchev–Trinajstić information content (AvgIpc) is 3.17. The first-order chi connectivity index (χ1) is 11.1. The van der Waals surface area contributed by atoms with Crippen LogP contribution in [0, 0.1) is 0 Å². The standard InChI is InChI=1S/C16H19BrN6/c1-22-9-11(7-19-22)12-8-20-23-15(18)13(17)14(21-16(12)23)10-5-3-2-4-6-10/h7-10H,2-6,18H2,1H3. The topological polar surface area (TPSA) is 74.0 Å². The molecule has 0 amide bonds. The number of aryl methyl sites for hydroxylation is 1. The third kappa shape index (κ3) is 2.43. The van der Waals surface area contributed by atoms with E-state index in [0.717, 1.165) is 26.9 Å². The molecule has 1 saturated carbocycles. The van der Waals surface area contributed by atoms with Gasteiger partial charge in [-0.05, 0) is 28.8 Å². The molecular weight excluding hydrogens is 356 g/mol. The van der Waals surface area contributed by atoms with Crippen LogP contribution < -0.4 is 5.73 Å². The number of nitrogens with zero attached hydrogens (tertiary/aromatic N) is 5. The second-order valence-electron chi connectivity index (χ2n) is 6.23. The van der Waals surface area contributed by atoms with Crippen molar-refractivity contribution in [2.24, 2.45) is 7.05 Å². The van der Waals surface area contributed by atoms with Crippen molar-refractivity contribution in [2.75, 3.05) is 5.73 Å². The Labute approximate surface area is 142 Å². The summed E-state index contributed by atoms with van der Waals surface area (Å²) in [6.07, 6.45) is 11.8. The molecule has 4 rings (SSSR count). The second-order valence-corrected chi connectivity index (χ2v) is 7.02. The van der Waals surface area contributed by atoms with Gasteiger partial charge in [0.05, 0.1) is 22.6 Å². The van der Waals surface area contributed by atoms with E-state index in [-0.39, 0.29) is 0 Å². The lowest BCUT2D eigenvalue weighted by Crippen LogP contribution is -2.11. The Bertz CT molecular complexity index is 859. The van der Waals surface area contributed by atoms with E-state index in [9.17, 15) is 0 Å². The predicted octanol–water partition coefficient (Wildman–Crippen LogP) is 3.52. The van der Waals surface area contributed by atoms with Crippen LogP contribution in [0.5, 0.6) is 0 Å². The van der Waals surface area contributed by atoms with Crippen LogP contribution in [0.25, 0.3) is 16.8 Å². The zero-order valence-corrected chi connectivity index (χ0v) is 14.6. The lowest BCUT2D eigenvalue weighted by atomic mass is 9.87. The van der Waals surface area contributed by atoms with Gasteiger partial charge < -0.3 is 5.73 Å². The van der Waals surface area contributed by atoms with Crippen LogP contribution in [0.2, 0.25) is 0 Å². The van der Waals surface area contributed by atoms with Crippen molar-refractivity contribution in [3.8, 4) is 11.1 Å². The Kier molecular flexibility index (Phi) is 3.60. The first-order valence-corrected chi connectivity index (χ1v) is 8.76. The molecule has 3 aromatic heterocycles. The summed E-state index contributed by atoms with van der Waals surface area (Å²) in [7, 11) is 1.90. The van der Waals surface area contributed by atoms with Crippen LogP contribution in [0.15, 0.2) is 23.1 Å². The van der Waals surface area contributed by atoms with Crippen LogP contribution in [-0.4, -0.2) is 24.4 Å². The zero-order valence-electron chi connectivity index (χ0n) is 13.0. The molecule has 0 unspecified atom stereocenters. The van der Waals surface area contributed by atoms with Gasteiger partial charge in [-0.15, -0.1) is 0 Å². The maximum atomic E-state index is 6.32. The molecule has 0 aliphatic heterocycles. The minimum absolute atomic E-state index is 0.474. The van der Waals surface area contributed by atoms with Gasteiger partial charge in [-0.2, -0.15) is 14.7 Å². The van der Waals surface area contributed by atoms with Gasteiger partial charge in [0.1, 0.15) is 5.82 Å². The highest BCUT2D eigenvalue weighted by atomic mass is 79.9. The number of hydrogen-bond donors (Lipinski definition) is 1. The number of aromatic nitrogens is 5. The highest BCUT2D eigenvalue weighted by Gasteiger charge is 2.24. The smallest absolute Gasteiger partial charge is 0.165 e. The molecule has 1 fully saturated rings. The van der Waals surface area contributed by atoms with Crippen molar-refractivity contribution in [1.82, 2.24) is 24.4 Å². The Balaban J connectivity index is 1.89. The highest BCUT2D eigenvalue weighted by molar-refractivity contribution is 9.10. The monoisotopic (exact) mass is 374 g/mol. The fraction of sp³-hybridized carbons (Fsp3) is 0.438. The van der Waals surface area contributed by atoms with Gasteiger partial charge in [0, 0.05) is 30.3 Å². The van der Waals surface area contributed by atoms with Crippen LogP contribution in [-0.2, 0) is 7.05 Å². The molecule has 0 saturated heterocycles. The molecule has 1 aliphatic rings. The van der Waals surface area contributed by atoms with Crippen molar-refractivity contribution in [3.05, 3.63) is 28.8 Å². The summed E-state index contributed by atoms with van der Waals surface area (Å²) in [4.78, 5) is 4.94. The zero-order chi connectivity index (χ0) is 16.0. The van der Waals surface area contributed by atoms with Crippen LogP contribution in [0.4, 0.5) is 5.82 Å². The minimum Gasteiger partial charge on any atom is -0.383 e. The lowest BCUT2D eigenvalue weighted by molar-refractivity contribution is 0.435. The molecule has 23 heavy (non-hydrogen) atoms. The SMILES string of the molecule is Cn1cc(-c2cnn3c(N)c(Br)c(C4CCCCC4)nc23)cn1. The van der Waals surface area contributed by atoms with E-state index in [1.165, 1.54) is 32.1 Å². The summed E-state index contributed by atoms with van der Waals surface area (Å²) in [6.45, 7) is 0. The lowest BCUT2D eigenvalue weighted by Gasteiger charge is -2.22. The van der Waals surface area contributed by atoms with Gasteiger partial charge >= 0.3 is 0 Å². The Morgan fingerprint density at radius 1 is 1.17 bits per heavy atom. The Morgan fingerprint density at radius 2 is 1.96 bits per heavy atom. The molecule has 0 atom stereocenters. The number of halogens is 1. The Hall–Kier alpha value is -1.89. The summed E-state index contributed by atoms with van der Waals surface area (Å²) < 4.78 is 4.37. The first kappa shape index (κ1) is 14.7. The van der Waals surface area contributed by atoms with E-state index in [0.29, 0.717) is 11.7 Å². The third-order valence-corrected chi connectivity index (χ3v) is 5.47. The summed E-state index contributed by atoms with van der Waals surface area (Å²) >= 11 is 3.64. The van der Waals surface area contributed by atoms with Crippen LogP contribution in [0.3, 0.4) is 0 Å². The third-order valence-electron chi connectivity index (χ3n) is 4.66. The van der Waals surface area contributed by atoms with E-state index < -0.39 is 0 Å². The molecule has 0 radical (unpaired) electrons. The number of nitrogens with two attached hydrogens (primary N) is 1. The van der Waals surface area contributed by atoms with Crippen molar-refractivity contribution in [3.63, 3.8) is 0 Å². The number of rotatable bonds is 2. The fourth-order valence-electron chi connectivity index (χ4n) is 3.42. The van der Waals surface area contributed by atoms with Crippen LogP contribution in [0.1, 0.15) is 43.7 Å². The molecule has 2 N–H and O–H groups in total. The maximum Gasteiger partial charge on any atom is 0.165 e. The number of hydrogen-bond acceptors (Lipinski definition) is 4. The molecular formula is C16H19BrN6. The second kappa shape index (κ2) is 5.63. The Morgan fingerprint density at radius 3 is 2.65 bits per heavy atom. The summed E-state index contributed by atoms with van der Waals surface area (Å²) in [6, 6.07) is 0. The molecule has 0 bridgehead atoms. The molecule has 6 nitrogen and oxygen atoms in total. The molecule has 3 aromatic rings. The molecule has 0 aromatic carbocycles. The van der Waals surface area contributed by atoms with Crippen LogP contribution >= 0.6 is 15.9 Å². The number of anilines is 1. The van der Waals surface area contributed by atoms with Gasteiger partial charge in [0.2, 0.25) is 0 Å². The number of nitrogen functional groups attached to an aromatic ring is 1. The fourth-order valence-corrected chi connectivity index (χ4v) is 4.00. The van der Waals surface area contributed by atoms with Gasteiger partial charge in [-0.25, -0.2) is 4.98 Å². The van der Waals surface area contributed by atoms with Gasteiger partial charge in [0.25, 0.3) is 0 Å². The molecule has 120 valence electrons. The minimum atomic E-state index is 0.474. The van der Waals surface area contributed by atoms with E-state index in [4.69, 9.17) is 10.7 Å². The molecule has 7 heteroatoms. The maximum absolute atomic E-state index is 6.32. The summed E-state index contributed by atoms with van der Waals surface area (Å²) in [5.41, 5.74) is 10.2. The number of fused-ring (bicyclic) bond motifs is 1. The normalized spacial score (nSPS) is 16.3. The first-order valence-electron chi connectivity index (χ1n) is 7.97. The van der Waals surface area contributed by atoms with E-state index in [1.807, 2.05) is 25.6 Å². The predicted molar refractivity (Wildman–Crippen MR) is 93.1 cm³/mol. The van der Waals surface area contributed by atoms with E-state index in [2.05, 4.69) is 26.1 Å². The van der Waals surface area contributed by atoms with Crippen molar-refractivity contribution < 1.29 is 0 Å². The largest absolute Gasteiger partial charge is 0.383 e. The van der Waals surface area contributed by atoms with Crippen molar-refractivity contribution >= 4 is 27.4 Å². The van der Waals surface area contributed by atoms with Gasteiger partial charge in [0.15, 0.2) is 5.65 Å². The summed E-state index contributed by atoms with van der Waals surface area (Å²) in [5, 5.41) is 8.66. The highest BCUT2D eigenvalue weighted by Crippen LogP contribution is 2.38. The van der Waals surface area contributed by atoms with Gasteiger partial charge in [-0.1, -0.05) is 19.3 Å². The summed E-state index contributed by atoms with van der Waals surface area (Å²) in [5.74, 6) is 1.09. The van der Waals surface area contributed by atoms with E-state index in [1.54, 1.807) is 9.20 Å².